The van der Waals surface area contributed by atoms with E-state index >= 15 is 0 Å². The van der Waals surface area contributed by atoms with Crippen LogP contribution in [0.4, 0.5) is 0 Å². The molecule has 0 unspecified atom stereocenters. The van der Waals surface area contributed by atoms with Crippen molar-refractivity contribution in [3.8, 4) is 11.5 Å². The van der Waals surface area contributed by atoms with Gasteiger partial charge in [0.25, 0.3) is 5.56 Å². The van der Waals surface area contributed by atoms with Gasteiger partial charge in [0.05, 0.1) is 24.0 Å². The first-order chi connectivity index (χ1) is 12.0. The Kier molecular flexibility index (Phi) is 3.77. The summed E-state index contributed by atoms with van der Waals surface area (Å²) in [5, 5.41) is 0.701. The highest BCUT2D eigenvalue weighted by molar-refractivity contribution is 7.18. The number of thiophene rings is 1. The summed E-state index contributed by atoms with van der Waals surface area (Å²) in [5.74, 6) is 0.555. The Bertz CT molecular complexity index is 1120. The number of aromatic nitrogens is 3. The topological polar surface area (TPSA) is 60.9 Å². The Morgan fingerprint density at radius 3 is 2.68 bits per heavy atom. The highest BCUT2D eigenvalue weighted by atomic mass is 32.1. The monoisotopic (exact) mass is 351 g/mol. The van der Waals surface area contributed by atoms with Crippen LogP contribution < -0.4 is 5.56 Å². The summed E-state index contributed by atoms with van der Waals surface area (Å²) in [6, 6.07) is 7.98. The first-order valence-electron chi connectivity index (χ1n) is 7.99. The lowest BCUT2D eigenvalue weighted by Gasteiger charge is -2.02. The summed E-state index contributed by atoms with van der Waals surface area (Å²) >= 11 is 1.55. The van der Waals surface area contributed by atoms with Gasteiger partial charge in [-0.3, -0.25) is 9.36 Å². The zero-order valence-electron chi connectivity index (χ0n) is 14.2. The van der Waals surface area contributed by atoms with Gasteiger partial charge >= 0.3 is 0 Å². The maximum Gasteiger partial charge on any atom is 0.262 e. The van der Waals surface area contributed by atoms with Crippen molar-refractivity contribution in [1.29, 1.82) is 0 Å². The molecule has 0 aliphatic rings. The molecule has 0 bridgehead atoms. The van der Waals surface area contributed by atoms with Crippen molar-refractivity contribution in [2.75, 3.05) is 0 Å². The maximum atomic E-state index is 12.8. The first-order valence-corrected chi connectivity index (χ1v) is 8.81. The lowest BCUT2D eigenvalue weighted by Crippen LogP contribution is -2.21. The standard InChI is InChI=1S/C19H17N3O2S/c1-11-4-6-14(7-5-11)17-21-15(9-24-17)8-22-10-20-18-16(19(22)23)12(2)13(3)25-18/h4-7,9-10H,8H2,1-3H3. The number of rotatable bonds is 3. The van der Waals surface area contributed by atoms with Crippen molar-refractivity contribution >= 4 is 21.6 Å². The van der Waals surface area contributed by atoms with Gasteiger partial charge in [-0.05, 0) is 38.5 Å². The van der Waals surface area contributed by atoms with E-state index in [1.807, 2.05) is 45.0 Å². The van der Waals surface area contributed by atoms with Crippen molar-refractivity contribution in [3.63, 3.8) is 0 Å². The van der Waals surface area contributed by atoms with Crippen molar-refractivity contribution in [2.45, 2.75) is 27.3 Å². The molecule has 1 aromatic carbocycles. The summed E-state index contributed by atoms with van der Waals surface area (Å²) in [5.41, 5.74) is 3.77. The van der Waals surface area contributed by atoms with Crippen LogP contribution in [0.15, 0.2) is 46.1 Å². The largest absolute Gasteiger partial charge is 0.444 e. The van der Waals surface area contributed by atoms with Crippen molar-refractivity contribution in [1.82, 2.24) is 14.5 Å². The number of benzene rings is 1. The second kappa shape index (κ2) is 5.97. The molecule has 0 spiro atoms. The van der Waals surface area contributed by atoms with Crippen molar-refractivity contribution in [2.24, 2.45) is 0 Å². The van der Waals surface area contributed by atoms with Crippen LogP contribution in [0.1, 0.15) is 21.7 Å². The number of fused-ring (bicyclic) bond motifs is 1. The van der Waals surface area contributed by atoms with Crippen LogP contribution >= 0.6 is 11.3 Å². The molecule has 0 fully saturated rings. The van der Waals surface area contributed by atoms with Gasteiger partial charge in [0.1, 0.15) is 11.1 Å². The average molecular weight is 351 g/mol. The quantitative estimate of drug-likeness (QED) is 0.558. The van der Waals surface area contributed by atoms with E-state index in [2.05, 4.69) is 9.97 Å². The second-order valence-corrected chi connectivity index (χ2v) is 7.35. The smallest absolute Gasteiger partial charge is 0.262 e. The van der Waals surface area contributed by atoms with Gasteiger partial charge in [-0.2, -0.15) is 0 Å². The molecule has 0 aliphatic heterocycles. The van der Waals surface area contributed by atoms with E-state index in [-0.39, 0.29) is 5.56 Å². The van der Waals surface area contributed by atoms with Gasteiger partial charge in [-0.1, -0.05) is 17.7 Å². The van der Waals surface area contributed by atoms with Gasteiger partial charge in [-0.15, -0.1) is 11.3 Å². The lowest BCUT2D eigenvalue weighted by atomic mass is 10.1. The van der Waals surface area contributed by atoms with E-state index in [0.717, 1.165) is 20.8 Å². The van der Waals surface area contributed by atoms with Gasteiger partial charge in [-0.25, -0.2) is 9.97 Å². The molecular formula is C19H17N3O2S. The van der Waals surface area contributed by atoms with E-state index in [9.17, 15) is 4.79 Å². The van der Waals surface area contributed by atoms with E-state index in [1.165, 1.54) is 5.56 Å². The Morgan fingerprint density at radius 1 is 1.16 bits per heavy atom. The third-order valence-electron chi connectivity index (χ3n) is 4.34. The molecule has 6 heteroatoms. The van der Waals surface area contributed by atoms with Crippen LogP contribution in [0.25, 0.3) is 21.7 Å². The van der Waals surface area contributed by atoms with E-state index < -0.39 is 0 Å². The van der Waals surface area contributed by atoms with Crippen LogP contribution in [0.3, 0.4) is 0 Å². The third kappa shape index (κ3) is 2.78. The predicted molar refractivity (Wildman–Crippen MR) is 99.1 cm³/mol. The highest BCUT2D eigenvalue weighted by Gasteiger charge is 2.13. The summed E-state index contributed by atoms with van der Waals surface area (Å²) in [7, 11) is 0. The fraction of sp³-hybridized carbons (Fsp3) is 0.211. The molecule has 3 heterocycles. The molecule has 0 aliphatic carbocycles. The fourth-order valence-electron chi connectivity index (χ4n) is 2.77. The molecule has 4 rings (SSSR count). The number of nitrogens with zero attached hydrogens (tertiary/aromatic N) is 3. The van der Waals surface area contributed by atoms with Crippen LogP contribution in [0, 0.1) is 20.8 Å². The highest BCUT2D eigenvalue weighted by Crippen LogP contribution is 2.25. The van der Waals surface area contributed by atoms with Crippen LogP contribution in [-0.2, 0) is 6.54 Å². The molecule has 5 nitrogen and oxygen atoms in total. The van der Waals surface area contributed by atoms with Gasteiger partial charge in [0.2, 0.25) is 5.89 Å². The Balaban J connectivity index is 1.68. The Morgan fingerprint density at radius 2 is 1.92 bits per heavy atom. The molecule has 0 radical (unpaired) electrons. The average Bonchev–Trinajstić information content (AvgIpc) is 3.17. The normalized spacial score (nSPS) is 11.3. The van der Waals surface area contributed by atoms with E-state index in [0.29, 0.717) is 23.5 Å². The van der Waals surface area contributed by atoms with E-state index in [4.69, 9.17) is 4.42 Å². The fourth-order valence-corrected chi connectivity index (χ4v) is 3.75. The summed E-state index contributed by atoms with van der Waals surface area (Å²) in [6.07, 6.45) is 3.18. The molecule has 126 valence electrons. The molecule has 0 saturated carbocycles. The molecule has 3 aromatic heterocycles. The minimum atomic E-state index is -0.0354. The number of hydrogen-bond acceptors (Lipinski definition) is 5. The second-order valence-electron chi connectivity index (χ2n) is 6.15. The molecule has 0 atom stereocenters. The van der Waals surface area contributed by atoms with Crippen LogP contribution in [0.2, 0.25) is 0 Å². The predicted octanol–water partition coefficient (Wildman–Crippen LogP) is 4.09. The van der Waals surface area contributed by atoms with Gasteiger partial charge in [0, 0.05) is 10.4 Å². The van der Waals surface area contributed by atoms with Gasteiger partial charge < -0.3 is 4.42 Å². The molecule has 25 heavy (non-hydrogen) atoms. The minimum Gasteiger partial charge on any atom is -0.444 e. The Hall–Kier alpha value is -2.73. The maximum absolute atomic E-state index is 12.8. The number of aryl methyl sites for hydroxylation is 3. The van der Waals surface area contributed by atoms with E-state index in [1.54, 1.807) is 28.5 Å². The summed E-state index contributed by atoms with van der Waals surface area (Å²) < 4.78 is 7.15. The third-order valence-corrected chi connectivity index (χ3v) is 5.45. The zero-order chi connectivity index (χ0) is 17.6. The summed E-state index contributed by atoms with van der Waals surface area (Å²) in [4.78, 5) is 23.6. The SMILES string of the molecule is Cc1ccc(-c2nc(Cn3cnc4sc(C)c(C)c4c3=O)co2)cc1. The van der Waals surface area contributed by atoms with Crippen molar-refractivity contribution < 1.29 is 4.42 Å². The minimum absolute atomic E-state index is 0.0354. The van der Waals surface area contributed by atoms with Crippen LogP contribution in [-0.4, -0.2) is 14.5 Å². The number of oxazole rings is 1. The lowest BCUT2D eigenvalue weighted by molar-refractivity contribution is 0.571. The number of hydrogen-bond donors (Lipinski definition) is 0. The molecule has 0 amide bonds. The molecular weight excluding hydrogens is 334 g/mol. The van der Waals surface area contributed by atoms with Crippen molar-refractivity contribution in [3.05, 3.63) is 68.9 Å². The molecule has 0 saturated heterocycles. The van der Waals surface area contributed by atoms with Crippen LogP contribution in [0.5, 0.6) is 0 Å². The first kappa shape index (κ1) is 15.8. The molecule has 4 aromatic rings. The van der Waals surface area contributed by atoms with Gasteiger partial charge in [0.15, 0.2) is 0 Å². The molecule has 0 N–H and O–H groups in total. The zero-order valence-corrected chi connectivity index (χ0v) is 15.1. The summed E-state index contributed by atoms with van der Waals surface area (Å²) in [6.45, 7) is 6.35. The Labute approximate surface area is 148 Å².